The van der Waals surface area contributed by atoms with Crippen LogP contribution in [-0.2, 0) is 6.42 Å². The van der Waals surface area contributed by atoms with Crippen molar-refractivity contribution in [3.05, 3.63) is 41.9 Å². The van der Waals surface area contributed by atoms with Gasteiger partial charge in [-0.25, -0.2) is 0 Å². The molecule has 0 amide bonds. The maximum Gasteiger partial charge on any atom is 0.258 e. The molecule has 1 aromatic carbocycles. The Morgan fingerprint density at radius 1 is 1.25 bits per heavy atom. The predicted octanol–water partition coefficient (Wildman–Crippen LogP) is 2.48. The Kier molecular flexibility index (Phi) is 3.20. The number of aromatic nitrogens is 3. The van der Waals surface area contributed by atoms with Gasteiger partial charge in [0.05, 0.1) is 11.1 Å². The van der Waals surface area contributed by atoms with Gasteiger partial charge in [-0.1, -0.05) is 23.4 Å². The zero-order valence-corrected chi connectivity index (χ0v) is 11.5. The van der Waals surface area contributed by atoms with Gasteiger partial charge in [0, 0.05) is 23.5 Å². The van der Waals surface area contributed by atoms with Crippen LogP contribution in [0.15, 0.2) is 34.9 Å². The first-order chi connectivity index (χ1) is 9.63. The fourth-order valence-corrected chi connectivity index (χ4v) is 2.22. The van der Waals surface area contributed by atoms with Gasteiger partial charge >= 0.3 is 0 Å². The summed E-state index contributed by atoms with van der Waals surface area (Å²) >= 11 is 0. The number of pyridine rings is 1. The fourth-order valence-electron chi connectivity index (χ4n) is 2.22. The molecule has 20 heavy (non-hydrogen) atoms. The Labute approximate surface area is 116 Å². The third kappa shape index (κ3) is 2.40. The van der Waals surface area contributed by atoms with Crippen LogP contribution in [0.25, 0.3) is 22.4 Å². The Bertz CT molecular complexity index is 748. The number of para-hydroxylation sites is 1. The van der Waals surface area contributed by atoms with Crippen molar-refractivity contribution in [1.82, 2.24) is 15.1 Å². The largest absolute Gasteiger partial charge is 0.334 e. The summed E-state index contributed by atoms with van der Waals surface area (Å²) in [7, 11) is 0. The van der Waals surface area contributed by atoms with E-state index in [9.17, 15) is 0 Å². The molecule has 0 saturated carbocycles. The summed E-state index contributed by atoms with van der Waals surface area (Å²) in [5.41, 5.74) is 8.52. The molecule has 2 heterocycles. The quantitative estimate of drug-likeness (QED) is 0.789. The van der Waals surface area contributed by atoms with Gasteiger partial charge in [0.15, 0.2) is 5.82 Å². The van der Waals surface area contributed by atoms with Crippen LogP contribution in [0.4, 0.5) is 0 Å². The molecule has 3 rings (SSSR count). The van der Waals surface area contributed by atoms with Gasteiger partial charge in [0.2, 0.25) is 0 Å². The van der Waals surface area contributed by atoms with E-state index in [1.165, 1.54) is 0 Å². The highest BCUT2D eigenvalue weighted by molar-refractivity contribution is 5.92. The number of benzene rings is 1. The standard InChI is InChI=1S/C15H16N4O/c1-9(16)7-14-18-15(20-19-14)12-8-10(2)17-13-6-4-3-5-11(12)13/h3-6,8-9H,7,16H2,1-2H3. The number of hydrogen-bond acceptors (Lipinski definition) is 5. The van der Waals surface area contributed by atoms with Crippen LogP contribution in [0, 0.1) is 6.92 Å². The average molecular weight is 268 g/mol. The van der Waals surface area contributed by atoms with Gasteiger partial charge < -0.3 is 10.3 Å². The zero-order chi connectivity index (χ0) is 14.1. The van der Waals surface area contributed by atoms with Crippen molar-refractivity contribution in [2.24, 2.45) is 5.73 Å². The van der Waals surface area contributed by atoms with Gasteiger partial charge in [-0.3, -0.25) is 4.98 Å². The number of nitrogens with zero attached hydrogens (tertiary/aromatic N) is 3. The molecule has 1 atom stereocenters. The van der Waals surface area contributed by atoms with E-state index < -0.39 is 0 Å². The van der Waals surface area contributed by atoms with Crippen molar-refractivity contribution in [2.45, 2.75) is 26.3 Å². The molecular formula is C15H16N4O. The molecule has 102 valence electrons. The van der Waals surface area contributed by atoms with Crippen molar-refractivity contribution in [3.8, 4) is 11.5 Å². The minimum absolute atomic E-state index is 0.0105. The second-order valence-electron chi connectivity index (χ2n) is 5.03. The average Bonchev–Trinajstić information content (AvgIpc) is 2.85. The molecule has 3 aromatic rings. The second-order valence-corrected chi connectivity index (χ2v) is 5.03. The molecule has 2 aromatic heterocycles. The van der Waals surface area contributed by atoms with Crippen LogP contribution in [0.2, 0.25) is 0 Å². The summed E-state index contributed by atoms with van der Waals surface area (Å²) in [5, 5.41) is 4.99. The van der Waals surface area contributed by atoms with E-state index in [1.807, 2.05) is 44.2 Å². The Hall–Kier alpha value is -2.27. The number of nitrogens with two attached hydrogens (primary N) is 1. The van der Waals surface area contributed by atoms with Crippen molar-refractivity contribution >= 4 is 10.9 Å². The molecule has 2 N–H and O–H groups in total. The van der Waals surface area contributed by atoms with Crippen LogP contribution in [0.3, 0.4) is 0 Å². The molecule has 5 heteroatoms. The summed E-state index contributed by atoms with van der Waals surface area (Å²) in [6.45, 7) is 3.87. The molecule has 5 nitrogen and oxygen atoms in total. The van der Waals surface area contributed by atoms with E-state index >= 15 is 0 Å². The van der Waals surface area contributed by atoms with Gasteiger partial charge in [0.1, 0.15) is 0 Å². The number of fused-ring (bicyclic) bond motifs is 1. The van der Waals surface area contributed by atoms with E-state index in [-0.39, 0.29) is 6.04 Å². The zero-order valence-electron chi connectivity index (χ0n) is 11.5. The van der Waals surface area contributed by atoms with Crippen LogP contribution in [0.1, 0.15) is 18.4 Å². The molecule has 0 radical (unpaired) electrons. The highest BCUT2D eigenvalue weighted by Gasteiger charge is 2.14. The number of rotatable bonds is 3. The van der Waals surface area contributed by atoms with Crippen LogP contribution >= 0.6 is 0 Å². The Morgan fingerprint density at radius 3 is 2.85 bits per heavy atom. The van der Waals surface area contributed by atoms with Crippen LogP contribution in [-0.4, -0.2) is 21.2 Å². The first-order valence-electron chi connectivity index (χ1n) is 6.58. The molecule has 0 fully saturated rings. The van der Waals surface area contributed by atoms with Gasteiger partial charge in [0.25, 0.3) is 5.89 Å². The van der Waals surface area contributed by atoms with Crippen molar-refractivity contribution in [1.29, 1.82) is 0 Å². The lowest BCUT2D eigenvalue weighted by atomic mass is 10.1. The third-order valence-corrected chi connectivity index (χ3v) is 3.05. The van der Waals surface area contributed by atoms with E-state index in [0.29, 0.717) is 18.1 Å². The van der Waals surface area contributed by atoms with Crippen molar-refractivity contribution < 1.29 is 4.52 Å². The van der Waals surface area contributed by atoms with E-state index in [1.54, 1.807) is 0 Å². The number of aryl methyl sites for hydroxylation is 1. The molecule has 0 spiro atoms. The summed E-state index contributed by atoms with van der Waals surface area (Å²) in [4.78, 5) is 8.93. The van der Waals surface area contributed by atoms with Gasteiger partial charge in [-0.2, -0.15) is 4.98 Å². The Balaban J connectivity index is 2.11. The SMILES string of the molecule is Cc1cc(-c2nc(CC(C)N)no2)c2ccccc2n1. The monoisotopic (exact) mass is 268 g/mol. The normalized spacial score (nSPS) is 12.8. The van der Waals surface area contributed by atoms with Crippen molar-refractivity contribution in [3.63, 3.8) is 0 Å². The summed E-state index contributed by atoms with van der Waals surface area (Å²) in [6, 6.07) is 9.90. The maximum atomic E-state index is 5.76. The molecule has 0 bridgehead atoms. The van der Waals surface area contributed by atoms with Gasteiger partial charge in [-0.15, -0.1) is 0 Å². The highest BCUT2D eigenvalue weighted by Crippen LogP contribution is 2.27. The minimum atomic E-state index is 0.0105. The molecule has 0 saturated heterocycles. The lowest BCUT2D eigenvalue weighted by Crippen LogP contribution is -2.18. The minimum Gasteiger partial charge on any atom is -0.334 e. The summed E-state index contributed by atoms with van der Waals surface area (Å²) in [6.07, 6.45) is 0.603. The molecular weight excluding hydrogens is 252 g/mol. The molecule has 0 aliphatic rings. The first kappa shape index (κ1) is 12.7. The maximum absolute atomic E-state index is 5.76. The van der Waals surface area contributed by atoms with E-state index in [2.05, 4.69) is 15.1 Å². The van der Waals surface area contributed by atoms with E-state index in [0.717, 1.165) is 22.2 Å². The van der Waals surface area contributed by atoms with Crippen LogP contribution in [0.5, 0.6) is 0 Å². The van der Waals surface area contributed by atoms with Crippen molar-refractivity contribution in [2.75, 3.05) is 0 Å². The molecule has 0 aliphatic heterocycles. The fraction of sp³-hybridized carbons (Fsp3) is 0.267. The Morgan fingerprint density at radius 2 is 2.05 bits per heavy atom. The van der Waals surface area contributed by atoms with E-state index in [4.69, 9.17) is 10.3 Å². The highest BCUT2D eigenvalue weighted by atomic mass is 16.5. The van der Waals surface area contributed by atoms with Gasteiger partial charge in [-0.05, 0) is 26.0 Å². The number of hydrogen-bond donors (Lipinski definition) is 1. The topological polar surface area (TPSA) is 77.8 Å². The lowest BCUT2D eigenvalue weighted by molar-refractivity contribution is 0.420. The smallest absolute Gasteiger partial charge is 0.258 e. The molecule has 0 aliphatic carbocycles. The first-order valence-corrected chi connectivity index (χ1v) is 6.58. The lowest BCUT2D eigenvalue weighted by Gasteiger charge is -2.03. The third-order valence-electron chi connectivity index (χ3n) is 3.05. The molecule has 1 unspecified atom stereocenters. The summed E-state index contributed by atoms with van der Waals surface area (Å²) in [5.74, 6) is 1.15. The summed E-state index contributed by atoms with van der Waals surface area (Å²) < 4.78 is 5.37. The van der Waals surface area contributed by atoms with Crippen LogP contribution < -0.4 is 5.73 Å². The predicted molar refractivity (Wildman–Crippen MR) is 77.1 cm³/mol. The second kappa shape index (κ2) is 5.02.